The number of benzene rings is 1. The van der Waals surface area contributed by atoms with E-state index in [0.29, 0.717) is 47.7 Å². The van der Waals surface area contributed by atoms with Crippen LogP contribution in [0.5, 0.6) is 0 Å². The highest BCUT2D eigenvalue weighted by Gasteiger charge is 2.19. The number of aryl methyl sites for hydroxylation is 1. The maximum Gasteiger partial charge on any atom is 0.239 e. The van der Waals surface area contributed by atoms with E-state index in [1.165, 1.54) is 6.26 Å². The molecule has 9 nitrogen and oxygen atoms in total. The highest BCUT2D eigenvalue weighted by atomic mass is 35.5. The van der Waals surface area contributed by atoms with Crippen molar-refractivity contribution >= 4 is 34.8 Å². The maximum absolute atomic E-state index is 12.2. The van der Waals surface area contributed by atoms with Crippen molar-refractivity contribution in [3.8, 4) is 11.6 Å². The number of carbonyl (C=O) groups excluding carboxylic acids is 2. The zero-order valence-electron chi connectivity index (χ0n) is 15.4. The molecule has 0 aliphatic carbocycles. The van der Waals surface area contributed by atoms with Crippen molar-refractivity contribution in [1.82, 2.24) is 15.5 Å². The third-order valence-corrected chi connectivity index (χ3v) is 4.69. The van der Waals surface area contributed by atoms with Gasteiger partial charge in [0.2, 0.25) is 23.5 Å². The van der Waals surface area contributed by atoms with Gasteiger partial charge >= 0.3 is 0 Å². The molecular weight excluding hydrogens is 398 g/mol. The minimum absolute atomic E-state index is 0.0408. The molecule has 1 aliphatic heterocycles. The van der Waals surface area contributed by atoms with Gasteiger partial charge in [-0.25, -0.2) is 0 Å². The predicted molar refractivity (Wildman–Crippen MR) is 106 cm³/mol. The minimum Gasteiger partial charge on any atom is -0.461 e. The van der Waals surface area contributed by atoms with Crippen molar-refractivity contribution in [2.24, 2.45) is 0 Å². The average molecular weight is 416 g/mol. The zero-order chi connectivity index (χ0) is 20.2. The second-order valence-electron chi connectivity index (χ2n) is 6.47. The third-order valence-electron chi connectivity index (χ3n) is 4.39. The van der Waals surface area contributed by atoms with Gasteiger partial charge in [0.05, 0.1) is 23.5 Å². The molecule has 29 heavy (non-hydrogen) atoms. The monoisotopic (exact) mass is 415 g/mol. The summed E-state index contributed by atoms with van der Waals surface area (Å²) in [6.07, 6.45) is 1.99. The van der Waals surface area contributed by atoms with Gasteiger partial charge in [0.15, 0.2) is 5.76 Å². The van der Waals surface area contributed by atoms with Gasteiger partial charge in [0, 0.05) is 31.6 Å². The first-order valence-corrected chi connectivity index (χ1v) is 9.44. The molecule has 0 bridgehead atoms. The van der Waals surface area contributed by atoms with Gasteiger partial charge < -0.3 is 24.5 Å². The Balaban J connectivity index is 1.32. The van der Waals surface area contributed by atoms with Crippen LogP contribution in [0.2, 0.25) is 5.02 Å². The SMILES string of the molecule is O=C1CN(c2ccc(NC(=O)CCc3nc(-c4ccco4)no3)cc2Cl)CCN1. The first-order valence-electron chi connectivity index (χ1n) is 9.06. The molecule has 1 fully saturated rings. The molecule has 3 aromatic rings. The summed E-state index contributed by atoms with van der Waals surface area (Å²) in [6.45, 7) is 1.52. The van der Waals surface area contributed by atoms with E-state index < -0.39 is 0 Å². The van der Waals surface area contributed by atoms with Crippen molar-refractivity contribution in [2.45, 2.75) is 12.8 Å². The second kappa shape index (κ2) is 8.36. The highest BCUT2D eigenvalue weighted by Crippen LogP contribution is 2.29. The number of hydrogen-bond donors (Lipinski definition) is 2. The van der Waals surface area contributed by atoms with Gasteiger partial charge in [-0.1, -0.05) is 16.8 Å². The van der Waals surface area contributed by atoms with Crippen LogP contribution in [0, 0.1) is 0 Å². The molecule has 1 aromatic carbocycles. The van der Waals surface area contributed by atoms with Crippen LogP contribution in [-0.2, 0) is 16.0 Å². The molecule has 1 saturated heterocycles. The molecule has 2 aromatic heterocycles. The normalized spacial score (nSPS) is 14.0. The Kier molecular flexibility index (Phi) is 5.48. The number of piperazine rings is 1. The van der Waals surface area contributed by atoms with Crippen LogP contribution in [0.3, 0.4) is 0 Å². The van der Waals surface area contributed by atoms with Crippen molar-refractivity contribution in [3.63, 3.8) is 0 Å². The number of halogens is 1. The van der Waals surface area contributed by atoms with E-state index in [1.54, 1.807) is 30.3 Å². The molecule has 0 saturated carbocycles. The largest absolute Gasteiger partial charge is 0.461 e. The van der Waals surface area contributed by atoms with E-state index in [9.17, 15) is 9.59 Å². The summed E-state index contributed by atoms with van der Waals surface area (Å²) in [7, 11) is 0. The van der Waals surface area contributed by atoms with Crippen LogP contribution in [0.15, 0.2) is 45.5 Å². The fourth-order valence-corrected chi connectivity index (χ4v) is 3.29. The van der Waals surface area contributed by atoms with Crippen LogP contribution in [0.4, 0.5) is 11.4 Å². The van der Waals surface area contributed by atoms with Gasteiger partial charge in [-0.2, -0.15) is 4.98 Å². The summed E-state index contributed by atoms with van der Waals surface area (Å²) < 4.78 is 10.3. The van der Waals surface area contributed by atoms with Gasteiger partial charge in [0.1, 0.15) is 0 Å². The molecule has 4 rings (SSSR count). The summed E-state index contributed by atoms with van der Waals surface area (Å²) in [5.41, 5.74) is 1.34. The first kappa shape index (κ1) is 19.0. The van der Waals surface area contributed by atoms with Crippen LogP contribution < -0.4 is 15.5 Å². The fraction of sp³-hybridized carbons (Fsp3) is 0.263. The standard InChI is InChI=1S/C19H18ClN5O4/c20-13-10-12(3-4-14(13)25-8-7-21-17(27)11-25)22-16(26)5-6-18-23-19(24-29-18)15-2-1-9-28-15/h1-4,9-10H,5-8,11H2,(H,21,27)(H,22,26). The topological polar surface area (TPSA) is 114 Å². The number of rotatable bonds is 6. The highest BCUT2D eigenvalue weighted by molar-refractivity contribution is 6.33. The lowest BCUT2D eigenvalue weighted by Gasteiger charge is -2.29. The summed E-state index contributed by atoms with van der Waals surface area (Å²) in [5.74, 6) is 0.956. The predicted octanol–water partition coefficient (Wildman–Crippen LogP) is 2.49. The van der Waals surface area contributed by atoms with E-state index in [1.807, 2.05) is 4.90 Å². The number of carbonyl (C=O) groups is 2. The number of amides is 2. The van der Waals surface area contributed by atoms with Crippen LogP contribution in [-0.4, -0.2) is 41.6 Å². The van der Waals surface area contributed by atoms with Crippen molar-refractivity contribution in [1.29, 1.82) is 0 Å². The van der Waals surface area contributed by atoms with Crippen LogP contribution in [0.1, 0.15) is 12.3 Å². The number of hydrogen-bond acceptors (Lipinski definition) is 7. The average Bonchev–Trinajstić information content (AvgIpc) is 3.38. The van der Waals surface area contributed by atoms with E-state index in [0.717, 1.165) is 5.69 Å². The Labute approximate surface area is 171 Å². The molecule has 0 unspecified atom stereocenters. The van der Waals surface area contributed by atoms with Crippen molar-refractivity contribution in [3.05, 3.63) is 47.5 Å². The molecule has 0 radical (unpaired) electrons. The molecule has 0 spiro atoms. The van der Waals surface area contributed by atoms with Gasteiger partial charge in [0.25, 0.3) is 0 Å². The fourth-order valence-electron chi connectivity index (χ4n) is 2.99. The number of furan rings is 1. The quantitative estimate of drug-likeness (QED) is 0.635. The van der Waals surface area contributed by atoms with E-state index in [4.69, 9.17) is 20.5 Å². The molecular formula is C19H18ClN5O4. The van der Waals surface area contributed by atoms with Crippen LogP contribution >= 0.6 is 11.6 Å². The first-order chi connectivity index (χ1) is 14.1. The lowest BCUT2D eigenvalue weighted by molar-refractivity contribution is -0.120. The summed E-state index contributed by atoms with van der Waals surface area (Å²) in [5, 5.41) is 9.87. The zero-order valence-corrected chi connectivity index (χ0v) is 16.1. The molecule has 0 atom stereocenters. The van der Waals surface area contributed by atoms with Gasteiger partial charge in [-0.15, -0.1) is 0 Å². The maximum atomic E-state index is 12.2. The Morgan fingerprint density at radius 2 is 2.24 bits per heavy atom. The Bertz CT molecular complexity index is 1020. The lowest BCUT2D eigenvalue weighted by atomic mass is 10.2. The summed E-state index contributed by atoms with van der Waals surface area (Å²) in [6, 6.07) is 8.68. The third kappa shape index (κ3) is 4.57. The Morgan fingerprint density at radius 3 is 3.00 bits per heavy atom. The Hall–Kier alpha value is -3.33. The minimum atomic E-state index is -0.205. The van der Waals surface area contributed by atoms with Crippen molar-refractivity contribution < 1.29 is 18.5 Å². The molecule has 2 N–H and O–H groups in total. The molecule has 3 heterocycles. The van der Waals surface area contributed by atoms with E-state index >= 15 is 0 Å². The smallest absolute Gasteiger partial charge is 0.239 e. The summed E-state index contributed by atoms with van der Waals surface area (Å²) >= 11 is 6.35. The van der Waals surface area contributed by atoms with E-state index in [2.05, 4.69) is 20.8 Å². The van der Waals surface area contributed by atoms with Crippen LogP contribution in [0.25, 0.3) is 11.6 Å². The number of aromatic nitrogens is 2. The Morgan fingerprint density at radius 1 is 1.34 bits per heavy atom. The number of nitrogens with one attached hydrogen (secondary N) is 2. The number of anilines is 2. The van der Waals surface area contributed by atoms with Gasteiger partial charge in [-0.05, 0) is 30.3 Å². The summed E-state index contributed by atoms with van der Waals surface area (Å²) in [4.78, 5) is 29.9. The molecule has 2 amide bonds. The lowest BCUT2D eigenvalue weighted by Crippen LogP contribution is -2.47. The molecule has 1 aliphatic rings. The van der Waals surface area contributed by atoms with E-state index in [-0.39, 0.29) is 24.8 Å². The molecule has 10 heteroatoms. The molecule has 150 valence electrons. The number of nitrogens with zero attached hydrogens (tertiary/aromatic N) is 3. The second-order valence-corrected chi connectivity index (χ2v) is 6.88. The van der Waals surface area contributed by atoms with Crippen molar-refractivity contribution in [2.75, 3.05) is 29.9 Å². The van der Waals surface area contributed by atoms with Gasteiger partial charge in [-0.3, -0.25) is 9.59 Å².